The van der Waals surface area contributed by atoms with Gasteiger partial charge in [-0.2, -0.15) is 0 Å². The normalized spacial score (nSPS) is 11.7. The van der Waals surface area contributed by atoms with Crippen molar-refractivity contribution in [2.24, 2.45) is 0 Å². The number of carbonyl (C=O) groups excluding carboxylic acids is 2. The van der Waals surface area contributed by atoms with Crippen LogP contribution in [0.1, 0.15) is 23.0 Å². The largest absolute Gasteiger partial charge is 0.467 e. The molecule has 0 fully saturated rings. The van der Waals surface area contributed by atoms with E-state index >= 15 is 0 Å². The van der Waals surface area contributed by atoms with Gasteiger partial charge in [-0.15, -0.1) is 0 Å². The third kappa shape index (κ3) is 4.02. The number of hydrogen-bond donors (Lipinski definition) is 2. The van der Waals surface area contributed by atoms with Crippen molar-refractivity contribution in [1.29, 1.82) is 0 Å². The van der Waals surface area contributed by atoms with Crippen LogP contribution >= 0.6 is 11.6 Å². The van der Waals surface area contributed by atoms with Crippen LogP contribution in [0.3, 0.4) is 0 Å². The first kappa shape index (κ1) is 15.9. The average molecular weight is 323 g/mol. The molecule has 22 heavy (non-hydrogen) atoms. The summed E-state index contributed by atoms with van der Waals surface area (Å²) in [5.74, 6) is -0.465. The summed E-state index contributed by atoms with van der Waals surface area (Å²) in [5, 5.41) is 2.95. The predicted molar refractivity (Wildman–Crippen MR) is 81.3 cm³/mol. The van der Waals surface area contributed by atoms with E-state index in [-0.39, 0.29) is 17.8 Å². The van der Waals surface area contributed by atoms with Crippen molar-refractivity contribution in [2.45, 2.75) is 19.6 Å². The molecule has 2 rings (SSSR count). The Bertz CT molecular complexity index is 670. The number of esters is 1. The summed E-state index contributed by atoms with van der Waals surface area (Å²) in [6.07, 6.45) is 0.565. The van der Waals surface area contributed by atoms with E-state index in [1.165, 1.54) is 31.4 Å². The topological polar surface area (TPSA) is 94.6 Å². The van der Waals surface area contributed by atoms with E-state index in [0.717, 1.165) is 0 Å². The van der Waals surface area contributed by atoms with Gasteiger partial charge in [0.25, 0.3) is 5.91 Å². The first-order valence-electron chi connectivity index (χ1n) is 6.53. The van der Waals surface area contributed by atoms with Gasteiger partial charge in [-0.1, -0.05) is 11.6 Å². The Balaban J connectivity index is 1.89. The number of benzene rings is 1. The molecular formula is C15H15ClN2O4. The monoisotopic (exact) mass is 322 g/mol. The van der Waals surface area contributed by atoms with E-state index in [1.807, 2.05) is 0 Å². The third-order valence-electron chi connectivity index (χ3n) is 2.90. The van der Waals surface area contributed by atoms with E-state index in [0.29, 0.717) is 10.8 Å². The lowest BCUT2D eigenvalue weighted by Crippen LogP contribution is -2.35. The minimum atomic E-state index is -0.945. The molecule has 0 radical (unpaired) electrons. The van der Waals surface area contributed by atoms with Crippen LogP contribution in [0.25, 0.3) is 0 Å². The maximum Gasteiger partial charge on any atom is 0.338 e. The average Bonchev–Trinajstić information content (AvgIpc) is 3.00. The molecule has 0 saturated heterocycles. The Hall–Kier alpha value is -2.47. The molecule has 0 aliphatic carbocycles. The van der Waals surface area contributed by atoms with E-state index < -0.39 is 18.0 Å². The summed E-state index contributed by atoms with van der Waals surface area (Å²) in [7, 11) is 0. The zero-order valence-corrected chi connectivity index (χ0v) is 12.6. The smallest absolute Gasteiger partial charge is 0.338 e. The molecule has 0 aliphatic heterocycles. The number of furan rings is 1. The lowest BCUT2D eigenvalue weighted by Gasteiger charge is -2.13. The number of carbonyl (C=O) groups is 2. The van der Waals surface area contributed by atoms with Crippen molar-refractivity contribution >= 4 is 29.2 Å². The summed E-state index contributed by atoms with van der Waals surface area (Å²) >= 11 is 5.78. The molecule has 0 spiro atoms. The summed E-state index contributed by atoms with van der Waals surface area (Å²) in [6.45, 7) is 1.70. The molecule has 1 aromatic carbocycles. The minimum Gasteiger partial charge on any atom is -0.467 e. The van der Waals surface area contributed by atoms with Crippen molar-refractivity contribution < 1.29 is 18.7 Å². The third-order valence-corrected chi connectivity index (χ3v) is 3.25. The number of nitrogen functional groups attached to an aromatic ring is 1. The van der Waals surface area contributed by atoms with Crippen LogP contribution in [0.5, 0.6) is 0 Å². The second kappa shape index (κ2) is 7.00. The zero-order chi connectivity index (χ0) is 16.1. The number of hydrogen-bond acceptors (Lipinski definition) is 5. The quantitative estimate of drug-likeness (QED) is 0.651. The maximum atomic E-state index is 11.9. The highest BCUT2D eigenvalue weighted by Gasteiger charge is 2.19. The van der Waals surface area contributed by atoms with Crippen LogP contribution in [0.4, 0.5) is 5.69 Å². The first-order valence-corrected chi connectivity index (χ1v) is 6.91. The van der Waals surface area contributed by atoms with Gasteiger partial charge in [0.05, 0.1) is 29.1 Å². The molecule has 6 nitrogen and oxygen atoms in total. The van der Waals surface area contributed by atoms with Crippen LogP contribution in [0.2, 0.25) is 5.02 Å². The number of nitrogens with two attached hydrogens (primary N) is 1. The summed E-state index contributed by atoms with van der Waals surface area (Å²) in [5.41, 5.74) is 6.12. The van der Waals surface area contributed by atoms with Crippen molar-refractivity contribution in [3.63, 3.8) is 0 Å². The Morgan fingerprint density at radius 2 is 2.18 bits per heavy atom. The highest BCUT2D eigenvalue weighted by molar-refractivity contribution is 6.33. The minimum absolute atomic E-state index is 0.224. The fourth-order valence-electron chi connectivity index (χ4n) is 1.68. The summed E-state index contributed by atoms with van der Waals surface area (Å²) < 4.78 is 10.2. The van der Waals surface area contributed by atoms with E-state index in [9.17, 15) is 9.59 Å². The highest BCUT2D eigenvalue weighted by Crippen LogP contribution is 2.20. The maximum absolute atomic E-state index is 11.9. The lowest BCUT2D eigenvalue weighted by molar-refractivity contribution is -0.129. The van der Waals surface area contributed by atoms with Gasteiger partial charge < -0.3 is 20.2 Å². The number of ether oxygens (including phenoxy) is 1. The van der Waals surface area contributed by atoms with Crippen molar-refractivity contribution in [3.05, 3.63) is 52.9 Å². The second-order valence-corrected chi connectivity index (χ2v) is 4.99. The van der Waals surface area contributed by atoms with Crippen molar-refractivity contribution in [2.75, 3.05) is 5.73 Å². The fraction of sp³-hybridized carbons (Fsp3) is 0.200. The van der Waals surface area contributed by atoms with E-state index in [1.54, 1.807) is 12.1 Å². The van der Waals surface area contributed by atoms with Crippen LogP contribution in [-0.2, 0) is 16.1 Å². The number of rotatable bonds is 5. The van der Waals surface area contributed by atoms with Gasteiger partial charge in [-0.05, 0) is 37.3 Å². The molecule has 1 amide bonds. The Kier molecular flexibility index (Phi) is 5.06. The molecule has 116 valence electrons. The molecule has 2 aromatic rings. The van der Waals surface area contributed by atoms with Gasteiger partial charge in [0.15, 0.2) is 6.10 Å². The van der Waals surface area contributed by atoms with Crippen LogP contribution < -0.4 is 11.1 Å². The standard InChI is InChI=1S/C15H15ClN2O4/c1-9(14(19)18-8-11-3-2-6-21-11)22-15(20)10-4-5-12(16)13(17)7-10/h2-7,9H,8,17H2,1H3,(H,18,19)/t9-/m1/s1. The second-order valence-electron chi connectivity index (χ2n) is 4.58. The van der Waals surface area contributed by atoms with Crippen LogP contribution in [0, 0.1) is 0 Å². The number of amides is 1. The highest BCUT2D eigenvalue weighted by atomic mass is 35.5. The van der Waals surface area contributed by atoms with Gasteiger partial charge in [0.1, 0.15) is 5.76 Å². The Morgan fingerprint density at radius 3 is 2.82 bits per heavy atom. The van der Waals surface area contributed by atoms with Gasteiger partial charge in [0, 0.05) is 0 Å². The Morgan fingerprint density at radius 1 is 1.41 bits per heavy atom. The van der Waals surface area contributed by atoms with E-state index in [4.69, 9.17) is 26.5 Å². The molecule has 1 aromatic heterocycles. The van der Waals surface area contributed by atoms with Crippen LogP contribution in [-0.4, -0.2) is 18.0 Å². The van der Waals surface area contributed by atoms with E-state index in [2.05, 4.69) is 5.32 Å². The number of nitrogens with one attached hydrogen (secondary N) is 1. The summed E-state index contributed by atoms with van der Waals surface area (Å²) in [6, 6.07) is 7.82. The SMILES string of the molecule is C[C@@H](OC(=O)c1ccc(Cl)c(N)c1)C(=O)NCc1ccco1. The fourth-order valence-corrected chi connectivity index (χ4v) is 1.80. The van der Waals surface area contributed by atoms with Gasteiger partial charge in [0.2, 0.25) is 0 Å². The summed E-state index contributed by atoms with van der Waals surface area (Å²) in [4.78, 5) is 23.8. The Labute approximate surface area is 132 Å². The number of halogens is 1. The molecular weight excluding hydrogens is 308 g/mol. The molecule has 7 heteroatoms. The number of anilines is 1. The molecule has 1 atom stereocenters. The molecule has 3 N–H and O–H groups in total. The lowest BCUT2D eigenvalue weighted by atomic mass is 10.2. The first-order chi connectivity index (χ1) is 10.5. The zero-order valence-electron chi connectivity index (χ0n) is 11.8. The van der Waals surface area contributed by atoms with Crippen molar-refractivity contribution in [1.82, 2.24) is 5.32 Å². The van der Waals surface area contributed by atoms with Crippen LogP contribution in [0.15, 0.2) is 41.0 Å². The molecule has 0 unspecified atom stereocenters. The molecule has 1 heterocycles. The van der Waals surface area contributed by atoms with Gasteiger partial charge in [-0.25, -0.2) is 4.79 Å². The van der Waals surface area contributed by atoms with Gasteiger partial charge in [-0.3, -0.25) is 4.79 Å². The molecule has 0 saturated carbocycles. The van der Waals surface area contributed by atoms with Crippen molar-refractivity contribution in [3.8, 4) is 0 Å². The molecule has 0 bridgehead atoms. The molecule has 0 aliphatic rings. The predicted octanol–water partition coefficient (Wildman–Crippen LogP) is 2.38. The van der Waals surface area contributed by atoms with Gasteiger partial charge >= 0.3 is 5.97 Å².